The van der Waals surface area contributed by atoms with Gasteiger partial charge in [-0.05, 0) is 57.7 Å². The summed E-state index contributed by atoms with van der Waals surface area (Å²) in [5, 5.41) is 4.56. The molecule has 0 amide bonds. The van der Waals surface area contributed by atoms with E-state index in [0.29, 0.717) is 6.04 Å². The van der Waals surface area contributed by atoms with Crippen molar-refractivity contribution >= 4 is 42.9 Å². The Morgan fingerprint density at radius 3 is 2.80 bits per heavy atom. The molecule has 0 radical (unpaired) electrons. The van der Waals surface area contributed by atoms with Gasteiger partial charge in [0.2, 0.25) is 0 Å². The predicted octanol–water partition coefficient (Wildman–Crippen LogP) is 3.60. The molecule has 1 aliphatic carbocycles. The highest BCUT2D eigenvalue weighted by atomic mass is 79.9. The first-order valence-electron chi connectivity index (χ1n) is 4.87. The molecule has 1 aliphatic rings. The second-order valence-electron chi connectivity index (χ2n) is 3.89. The molecule has 78 valence electrons. The number of halogens is 2. The Balaban J connectivity index is 2.38. The third-order valence-electron chi connectivity index (χ3n) is 2.64. The molecular formula is C10H9Br2N3. The monoisotopic (exact) mass is 329 g/mol. The van der Waals surface area contributed by atoms with Crippen LogP contribution in [0.2, 0.25) is 0 Å². The third kappa shape index (κ3) is 1.52. The molecule has 0 bridgehead atoms. The van der Waals surface area contributed by atoms with Crippen LogP contribution in [-0.4, -0.2) is 14.8 Å². The lowest BCUT2D eigenvalue weighted by Crippen LogP contribution is -1.96. The van der Waals surface area contributed by atoms with Crippen LogP contribution in [0.3, 0.4) is 0 Å². The Labute approximate surface area is 104 Å². The van der Waals surface area contributed by atoms with Gasteiger partial charge in [0.1, 0.15) is 15.6 Å². The zero-order chi connectivity index (χ0) is 10.6. The fraction of sp³-hybridized carbons (Fsp3) is 0.400. The van der Waals surface area contributed by atoms with E-state index in [9.17, 15) is 0 Å². The largest absolute Gasteiger partial charge is 0.259 e. The Morgan fingerprint density at radius 2 is 2.13 bits per heavy atom. The number of pyridine rings is 1. The smallest absolute Gasteiger partial charge is 0.114 e. The van der Waals surface area contributed by atoms with Gasteiger partial charge in [0.05, 0.1) is 11.7 Å². The fourth-order valence-corrected chi connectivity index (χ4v) is 3.09. The maximum Gasteiger partial charge on any atom is 0.114 e. The molecule has 1 saturated carbocycles. The standard InChI is InChI=1S/C10H9Br2N3/c1-5-9-10(7(11)4-8(12)13-9)15(14-5)6-2-3-6/h4,6H,2-3H2,1H3. The van der Waals surface area contributed by atoms with Gasteiger partial charge in [0.15, 0.2) is 0 Å². The number of rotatable bonds is 1. The summed E-state index contributed by atoms with van der Waals surface area (Å²) >= 11 is 6.98. The molecule has 2 heterocycles. The number of hydrogen-bond donors (Lipinski definition) is 0. The van der Waals surface area contributed by atoms with Crippen molar-refractivity contribution in [2.24, 2.45) is 0 Å². The van der Waals surface area contributed by atoms with Crippen molar-refractivity contribution in [1.29, 1.82) is 0 Å². The molecule has 3 rings (SSSR count). The molecule has 0 aliphatic heterocycles. The van der Waals surface area contributed by atoms with E-state index in [4.69, 9.17) is 0 Å². The van der Waals surface area contributed by atoms with Crippen LogP contribution in [0.15, 0.2) is 15.1 Å². The number of aryl methyl sites for hydroxylation is 1. The van der Waals surface area contributed by atoms with Gasteiger partial charge in [-0.25, -0.2) is 4.98 Å². The quantitative estimate of drug-likeness (QED) is 0.748. The molecule has 3 nitrogen and oxygen atoms in total. The number of aromatic nitrogens is 3. The van der Waals surface area contributed by atoms with Crippen molar-refractivity contribution in [3.63, 3.8) is 0 Å². The molecule has 0 atom stereocenters. The molecule has 0 spiro atoms. The van der Waals surface area contributed by atoms with Crippen molar-refractivity contribution in [2.45, 2.75) is 25.8 Å². The zero-order valence-corrected chi connectivity index (χ0v) is 11.3. The van der Waals surface area contributed by atoms with E-state index >= 15 is 0 Å². The first kappa shape index (κ1) is 9.78. The van der Waals surface area contributed by atoms with Crippen LogP contribution in [0.5, 0.6) is 0 Å². The predicted molar refractivity (Wildman–Crippen MR) is 65.9 cm³/mol. The van der Waals surface area contributed by atoms with Gasteiger partial charge in [0, 0.05) is 4.47 Å². The van der Waals surface area contributed by atoms with Gasteiger partial charge >= 0.3 is 0 Å². The molecular weight excluding hydrogens is 322 g/mol. The van der Waals surface area contributed by atoms with Gasteiger partial charge in [0.25, 0.3) is 0 Å². The van der Waals surface area contributed by atoms with Crippen molar-refractivity contribution in [3.05, 3.63) is 20.8 Å². The minimum absolute atomic E-state index is 0.584. The van der Waals surface area contributed by atoms with E-state index in [-0.39, 0.29) is 0 Å². The Bertz CT molecular complexity index is 543. The summed E-state index contributed by atoms with van der Waals surface area (Å²) in [5.74, 6) is 0. The van der Waals surface area contributed by atoms with Gasteiger partial charge in [-0.3, -0.25) is 4.68 Å². The Hall–Kier alpha value is -0.420. The van der Waals surface area contributed by atoms with E-state index in [2.05, 4.69) is 46.6 Å². The van der Waals surface area contributed by atoms with Crippen molar-refractivity contribution in [2.75, 3.05) is 0 Å². The zero-order valence-electron chi connectivity index (χ0n) is 8.17. The second-order valence-corrected chi connectivity index (χ2v) is 5.55. The molecule has 0 saturated heterocycles. The van der Waals surface area contributed by atoms with E-state index in [1.165, 1.54) is 12.8 Å². The average Bonchev–Trinajstić information content (AvgIpc) is 2.93. The number of fused-ring (bicyclic) bond motifs is 1. The number of hydrogen-bond acceptors (Lipinski definition) is 2. The molecule has 5 heteroatoms. The van der Waals surface area contributed by atoms with Crippen LogP contribution in [-0.2, 0) is 0 Å². The third-order valence-corrected chi connectivity index (χ3v) is 3.65. The highest BCUT2D eigenvalue weighted by Gasteiger charge is 2.28. The summed E-state index contributed by atoms with van der Waals surface area (Å²) in [6.45, 7) is 2.01. The van der Waals surface area contributed by atoms with Crippen LogP contribution >= 0.6 is 31.9 Å². The number of nitrogens with zero attached hydrogens (tertiary/aromatic N) is 3. The summed E-state index contributed by atoms with van der Waals surface area (Å²) in [6, 6.07) is 2.56. The average molecular weight is 331 g/mol. The molecule has 0 unspecified atom stereocenters. The topological polar surface area (TPSA) is 30.7 Å². The molecule has 1 fully saturated rings. The van der Waals surface area contributed by atoms with Gasteiger partial charge < -0.3 is 0 Å². The van der Waals surface area contributed by atoms with E-state index in [1.807, 2.05) is 13.0 Å². The van der Waals surface area contributed by atoms with Gasteiger partial charge in [-0.2, -0.15) is 5.10 Å². The van der Waals surface area contributed by atoms with Crippen molar-refractivity contribution in [1.82, 2.24) is 14.8 Å². The summed E-state index contributed by atoms with van der Waals surface area (Å²) in [6.07, 6.45) is 2.47. The van der Waals surface area contributed by atoms with Gasteiger partial charge in [-0.15, -0.1) is 0 Å². The maximum atomic E-state index is 4.56. The minimum atomic E-state index is 0.584. The molecule has 2 aromatic rings. The Kier molecular flexibility index (Phi) is 2.14. The first-order chi connectivity index (χ1) is 7.16. The highest BCUT2D eigenvalue weighted by molar-refractivity contribution is 9.11. The lowest BCUT2D eigenvalue weighted by Gasteiger charge is -2.01. The van der Waals surface area contributed by atoms with Crippen molar-refractivity contribution < 1.29 is 0 Å². The molecule has 0 aromatic carbocycles. The molecule has 2 aromatic heterocycles. The van der Waals surface area contributed by atoms with E-state index in [0.717, 1.165) is 25.8 Å². The lowest BCUT2D eigenvalue weighted by molar-refractivity contribution is 0.657. The SMILES string of the molecule is Cc1nn(C2CC2)c2c(Br)cc(Br)nc12. The van der Waals surface area contributed by atoms with E-state index in [1.54, 1.807) is 0 Å². The first-order valence-corrected chi connectivity index (χ1v) is 6.46. The summed E-state index contributed by atoms with van der Waals surface area (Å²) in [4.78, 5) is 4.47. The van der Waals surface area contributed by atoms with Gasteiger partial charge in [-0.1, -0.05) is 0 Å². The van der Waals surface area contributed by atoms with Crippen LogP contribution in [0.25, 0.3) is 11.0 Å². The highest BCUT2D eigenvalue weighted by Crippen LogP contribution is 2.39. The second kappa shape index (κ2) is 3.28. The summed E-state index contributed by atoms with van der Waals surface area (Å²) < 4.78 is 4.01. The van der Waals surface area contributed by atoms with Crippen LogP contribution < -0.4 is 0 Å². The Morgan fingerprint density at radius 1 is 1.40 bits per heavy atom. The van der Waals surface area contributed by atoms with Crippen LogP contribution in [0, 0.1) is 6.92 Å². The normalized spacial score (nSPS) is 16.2. The summed E-state index contributed by atoms with van der Waals surface area (Å²) in [7, 11) is 0. The minimum Gasteiger partial charge on any atom is -0.259 e. The van der Waals surface area contributed by atoms with E-state index < -0.39 is 0 Å². The molecule has 0 N–H and O–H groups in total. The fourth-order valence-electron chi connectivity index (χ4n) is 1.79. The lowest BCUT2D eigenvalue weighted by atomic mass is 10.3. The van der Waals surface area contributed by atoms with Crippen LogP contribution in [0.1, 0.15) is 24.6 Å². The van der Waals surface area contributed by atoms with Crippen LogP contribution in [0.4, 0.5) is 0 Å². The molecule has 15 heavy (non-hydrogen) atoms. The van der Waals surface area contributed by atoms with Crippen molar-refractivity contribution in [3.8, 4) is 0 Å². The maximum absolute atomic E-state index is 4.56. The summed E-state index contributed by atoms with van der Waals surface area (Å²) in [5.41, 5.74) is 3.11.